The third-order valence-electron chi connectivity index (χ3n) is 5.55. The van der Waals surface area contributed by atoms with Gasteiger partial charge in [0, 0.05) is 24.0 Å². The van der Waals surface area contributed by atoms with Crippen molar-refractivity contribution in [1.82, 2.24) is 15.5 Å². The van der Waals surface area contributed by atoms with E-state index in [-0.39, 0.29) is 23.7 Å². The highest BCUT2D eigenvalue weighted by Crippen LogP contribution is 2.48. The predicted octanol–water partition coefficient (Wildman–Crippen LogP) is 1.59. The van der Waals surface area contributed by atoms with E-state index in [1.807, 2.05) is 11.4 Å². The van der Waals surface area contributed by atoms with E-state index in [1.54, 1.807) is 27.7 Å². The molecule has 0 saturated carbocycles. The van der Waals surface area contributed by atoms with Crippen LogP contribution in [0.15, 0.2) is 17.1 Å². The standard InChI is InChI=1S/C22H29N3O7S/c1-11(26)16-14-7-13(15-6-12(9-33-15)8-24-21(30)23-5)17(25(14)18(16)27)19(28)31-10-32-20(29)22(2,3)4/h6,9,11,14,16,26H,7-8,10H2,1-5H3,(H2,23,24,30)/t11-,14-,16-/m1/s1. The minimum Gasteiger partial charge on any atom is -0.427 e. The zero-order chi connectivity index (χ0) is 24.5. The van der Waals surface area contributed by atoms with E-state index in [2.05, 4.69) is 10.6 Å². The number of hydrogen-bond donors (Lipinski definition) is 3. The van der Waals surface area contributed by atoms with Crippen molar-refractivity contribution in [1.29, 1.82) is 0 Å². The van der Waals surface area contributed by atoms with E-state index >= 15 is 0 Å². The number of β-lactam (4-membered cyclic amide) rings is 1. The third kappa shape index (κ3) is 5.03. The van der Waals surface area contributed by atoms with Gasteiger partial charge in [0.25, 0.3) is 0 Å². The lowest BCUT2D eigenvalue weighted by Crippen LogP contribution is -2.61. The highest BCUT2D eigenvalue weighted by molar-refractivity contribution is 7.11. The van der Waals surface area contributed by atoms with Gasteiger partial charge in [-0.25, -0.2) is 9.59 Å². The van der Waals surface area contributed by atoms with Gasteiger partial charge in [-0.2, -0.15) is 0 Å². The maximum absolute atomic E-state index is 12.9. The Balaban J connectivity index is 1.81. The van der Waals surface area contributed by atoms with Crippen LogP contribution in [0.5, 0.6) is 0 Å². The molecular weight excluding hydrogens is 450 g/mol. The lowest BCUT2D eigenvalue weighted by Gasteiger charge is -2.44. The lowest BCUT2D eigenvalue weighted by atomic mass is 9.83. The Kier molecular flexibility index (Phi) is 7.13. The maximum atomic E-state index is 12.9. The van der Waals surface area contributed by atoms with Gasteiger partial charge >= 0.3 is 18.0 Å². The van der Waals surface area contributed by atoms with Gasteiger partial charge in [-0.05, 0) is 51.1 Å². The number of fused-ring (bicyclic) bond motifs is 1. The molecular formula is C22H29N3O7S. The molecule has 0 aromatic carbocycles. The fraction of sp³-hybridized carbons (Fsp3) is 0.545. The number of aliphatic hydroxyl groups excluding tert-OH is 1. The molecule has 0 radical (unpaired) electrons. The molecule has 33 heavy (non-hydrogen) atoms. The number of nitrogens with zero attached hydrogens (tertiary/aromatic N) is 1. The molecule has 10 nitrogen and oxygen atoms in total. The van der Waals surface area contributed by atoms with E-state index < -0.39 is 36.2 Å². The Morgan fingerprint density at radius 3 is 2.61 bits per heavy atom. The van der Waals surface area contributed by atoms with Gasteiger partial charge in [0.2, 0.25) is 12.7 Å². The first-order chi connectivity index (χ1) is 15.5. The average Bonchev–Trinajstić information content (AvgIpc) is 3.33. The molecule has 2 aliphatic rings. The molecule has 3 amide bonds. The number of thiophene rings is 1. The molecule has 1 aromatic rings. The Bertz CT molecular complexity index is 992. The van der Waals surface area contributed by atoms with Crippen LogP contribution in [0.2, 0.25) is 0 Å². The minimum atomic E-state index is -0.848. The van der Waals surface area contributed by atoms with E-state index in [0.29, 0.717) is 18.5 Å². The molecule has 1 saturated heterocycles. The highest BCUT2D eigenvalue weighted by Gasteiger charge is 2.57. The second kappa shape index (κ2) is 9.52. The molecule has 11 heteroatoms. The van der Waals surface area contributed by atoms with Gasteiger partial charge in [0.1, 0.15) is 5.70 Å². The van der Waals surface area contributed by atoms with E-state index in [4.69, 9.17) is 9.47 Å². The van der Waals surface area contributed by atoms with E-state index in [9.17, 15) is 24.3 Å². The van der Waals surface area contributed by atoms with Crippen LogP contribution in [0.3, 0.4) is 0 Å². The van der Waals surface area contributed by atoms with E-state index in [1.165, 1.54) is 23.3 Å². The summed E-state index contributed by atoms with van der Waals surface area (Å²) in [4.78, 5) is 51.1. The van der Waals surface area contributed by atoms with Crippen LogP contribution >= 0.6 is 11.3 Å². The SMILES string of the molecule is CNC(=O)NCc1csc(C2=C(C(=O)OCOC(=O)C(C)(C)C)N3C(=O)[C@H]([C@@H](C)O)[C@H]3C2)c1. The van der Waals surface area contributed by atoms with Gasteiger partial charge in [-0.1, -0.05) is 0 Å². The predicted molar refractivity (Wildman–Crippen MR) is 119 cm³/mol. The van der Waals surface area contributed by atoms with Gasteiger partial charge < -0.3 is 30.1 Å². The summed E-state index contributed by atoms with van der Waals surface area (Å²) >= 11 is 1.38. The van der Waals surface area contributed by atoms with Crippen LogP contribution in [0.1, 0.15) is 44.6 Å². The largest absolute Gasteiger partial charge is 0.427 e. The Morgan fingerprint density at radius 1 is 1.30 bits per heavy atom. The van der Waals surface area contributed by atoms with Crippen LogP contribution in [0.4, 0.5) is 4.79 Å². The second-order valence-electron chi connectivity index (χ2n) is 9.06. The number of carbonyl (C=O) groups is 4. The minimum absolute atomic E-state index is 0.0985. The highest BCUT2D eigenvalue weighted by atomic mass is 32.1. The van der Waals surface area contributed by atoms with Crippen LogP contribution < -0.4 is 10.6 Å². The molecule has 2 aliphatic heterocycles. The zero-order valence-electron chi connectivity index (χ0n) is 19.3. The van der Waals surface area contributed by atoms with Crippen LogP contribution in [0, 0.1) is 11.3 Å². The normalized spacial score (nSPS) is 20.7. The number of urea groups is 1. The summed E-state index contributed by atoms with van der Waals surface area (Å²) in [5, 5.41) is 17.0. The summed E-state index contributed by atoms with van der Waals surface area (Å²) in [5.74, 6) is -2.24. The molecule has 1 aromatic heterocycles. The molecule has 0 bridgehead atoms. The summed E-state index contributed by atoms with van der Waals surface area (Å²) in [6.07, 6.45) is -0.463. The van der Waals surface area contributed by atoms with E-state index in [0.717, 1.165) is 10.4 Å². The summed E-state index contributed by atoms with van der Waals surface area (Å²) in [7, 11) is 1.52. The van der Waals surface area contributed by atoms with Crippen molar-refractivity contribution in [3.8, 4) is 0 Å². The first kappa shape index (κ1) is 24.7. The molecule has 3 atom stereocenters. The molecule has 180 valence electrons. The molecule has 3 N–H and O–H groups in total. The van der Waals surface area contributed by atoms with Crippen LogP contribution in [-0.4, -0.2) is 59.9 Å². The summed E-state index contributed by atoms with van der Waals surface area (Å²) in [6, 6.07) is 1.18. The maximum Gasteiger partial charge on any atom is 0.358 e. The topological polar surface area (TPSA) is 134 Å². The van der Waals surface area contributed by atoms with Crippen LogP contribution in [-0.2, 0) is 30.4 Å². The van der Waals surface area contributed by atoms with Gasteiger partial charge in [-0.3, -0.25) is 9.59 Å². The van der Waals surface area contributed by atoms with Crippen molar-refractivity contribution >= 4 is 40.8 Å². The number of carbonyl (C=O) groups excluding carboxylic acids is 4. The van der Waals surface area contributed by atoms with Crippen molar-refractivity contribution < 1.29 is 33.8 Å². The lowest BCUT2D eigenvalue weighted by molar-refractivity contribution is -0.175. The molecule has 1 fully saturated rings. The Labute approximate surface area is 195 Å². The number of ether oxygens (including phenoxy) is 2. The molecule has 3 rings (SSSR count). The monoisotopic (exact) mass is 479 g/mol. The van der Waals surface area contributed by atoms with Crippen molar-refractivity contribution in [2.75, 3.05) is 13.8 Å². The number of nitrogens with one attached hydrogen (secondary N) is 2. The number of hydrogen-bond acceptors (Lipinski definition) is 8. The number of esters is 2. The first-order valence-electron chi connectivity index (χ1n) is 10.6. The average molecular weight is 480 g/mol. The molecule has 0 spiro atoms. The van der Waals surface area contributed by atoms with Crippen molar-refractivity contribution in [3.63, 3.8) is 0 Å². The third-order valence-corrected chi connectivity index (χ3v) is 6.58. The summed E-state index contributed by atoms with van der Waals surface area (Å²) in [6.45, 7) is 6.33. The van der Waals surface area contributed by atoms with Crippen molar-refractivity contribution in [3.05, 3.63) is 27.6 Å². The second-order valence-corrected chi connectivity index (χ2v) is 9.97. The van der Waals surface area contributed by atoms with Gasteiger partial charge in [0.05, 0.1) is 23.5 Å². The number of amides is 3. The molecule has 0 unspecified atom stereocenters. The first-order valence-corrected chi connectivity index (χ1v) is 11.5. The fourth-order valence-corrected chi connectivity index (χ4v) is 4.77. The van der Waals surface area contributed by atoms with Crippen molar-refractivity contribution in [2.24, 2.45) is 11.3 Å². The number of aliphatic hydroxyl groups is 1. The number of rotatable bonds is 7. The Hall–Kier alpha value is -2.92. The van der Waals surface area contributed by atoms with Gasteiger partial charge in [0.15, 0.2) is 0 Å². The van der Waals surface area contributed by atoms with Gasteiger partial charge in [-0.15, -0.1) is 11.3 Å². The fourth-order valence-electron chi connectivity index (χ4n) is 3.80. The Morgan fingerprint density at radius 2 is 2.00 bits per heavy atom. The summed E-state index contributed by atoms with van der Waals surface area (Å²) in [5.41, 5.74) is 0.815. The van der Waals surface area contributed by atoms with Crippen molar-refractivity contribution in [2.45, 2.75) is 52.8 Å². The zero-order valence-corrected chi connectivity index (χ0v) is 20.1. The smallest absolute Gasteiger partial charge is 0.358 e. The molecule has 3 heterocycles. The quantitative estimate of drug-likeness (QED) is 0.307. The van der Waals surface area contributed by atoms with Crippen LogP contribution in [0.25, 0.3) is 5.57 Å². The molecule has 0 aliphatic carbocycles. The summed E-state index contributed by atoms with van der Waals surface area (Å²) < 4.78 is 10.2.